The Labute approximate surface area is 198 Å². The van der Waals surface area contributed by atoms with E-state index in [9.17, 15) is 13.2 Å². The van der Waals surface area contributed by atoms with Gasteiger partial charge in [-0.05, 0) is 55.0 Å². The van der Waals surface area contributed by atoms with E-state index >= 15 is 0 Å². The third kappa shape index (κ3) is 6.08. The molecule has 0 saturated carbocycles. The van der Waals surface area contributed by atoms with E-state index in [1.54, 1.807) is 48.5 Å². The monoisotopic (exact) mass is 483 g/mol. The average molecular weight is 484 g/mol. The molecule has 0 saturated heterocycles. The van der Waals surface area contributed by atoms with Crippen LogP contribution < -0.4 is 23.7 Å². The molecule has 0 bridgehead atoms. The molecule has 0 atom stereocenters. The van der Waals surface area contributed by atoms with Crippen LogP contribution in [0.3, 0.4) is 0 Å². The van der Waals surface area contributed by atoms with Gasteiger partial charge in [0.25, 0.3) is 0 Å². The summed E-state index contributed by atoms with van der Waals surface area (Å²) in [6, 6.07) is 16.0. The summed E-state index contributed by atoms with van der Waals surface area (Å²) >= 11 is 0. The largest absolute Gasteiger partial charge is 0.497 e. The zero-order valence-electron chi connectivity index (χ0n) is 19.2. The van der Waals surface area contributed by atoms with Crippen molar-refractivity contribution in [3.8, 4) is 23.0 Å². The van der Waals surface area contributed by atoms with Crippen molar-refractivity contribution in [2.75, 3.05) is 26.6 Å². The number of anilines is 1. The third-order valence-electron chi connectivity index (χ3n) is 4.79. The van der Waals surface area contributed by atoms with Crippen molar-refractivity contribution < 1.29 is 31.6 Å². The topological polar surface area (TPSA) is 100 Å². The SMILES string of the molecule is COc1ccc(NC(=O)/C=C/c2ccc(OS(=O)(=O)c3ccc(C)cc3)c(OC)c2)c(OC)c1. The molecule has 178 valence electrons. The van der Waals surface area contributed by atoms with Gasteiger partial charge in [0.1, 0.15) is 16.4 Å². The lowest BCUT2D eigenvalue weighted by molar-refractivity contribution is -0.111. The van der Waals surface area contributed by atoms with Gasteiger partial charge in [-0.25, -0.2) is 0 Å². The maximum absolute atomic E-state index is 12.6. The molecule has 8 nitrogen and oxygen atoms in total. The molecule has 9 heteroatoms. The molecule has 0 heterocycles. The summed E-state index contributed by atoms with van der Waals surface area (Å²) in [5, 5.41) is 2.73. The molecule has 0 radical (unpaired) electrons. The van der Waals surface area contributed by atoms with Gasteiger partial charge in [0.05, 0.1) is 27.0 Å². The predicted octanol–water partition coefficient (Wildman–Crippen LogP) is 4.44. The molecule has 1 amide bonds. The Morgan fingerprint density at radius 3 is 2.18 bits per heavy atom. The Hall–Kier alpha value is -3.98. The van der Waals surface area contributed by atoms with Gasteiger partial charge in [0.2, 0.25) is 5.91 Å². The number of carbonyl (C=O) groups excluding carboxylic acids is 1. The molecule has 3 aromatic carbocycles. The molecule has 1 N–H and O–H groups in total. The number of rotatable bonds is 9. The lowest BCUT2D eigenvalue weighted by Gasteiger charge is -2.12. The zero-order valence-corrected chi connectivity index (χ0v) is 20.0. The number of ether oxygens (including phenoxy) is 3. The predicted molar refractivity (Wildman–Crippen MR) is 129 cm³/mol. The van der Waals surface area contributed by atoms with E-state index in [1.165, 1.54) is 45.6 Å². The number of hydrogen-bond donors (Lipinski definition) is 1. The highest BCUT2D eigenvalue weighted by molar-refractivity contribution is 7.87. The van der Waals surface area contributed by atoms with Crippen LogP contribution in [0.5, 0.6) is 23.0 Å². The van der Waals surface area contributed by atoms with Crippen molar-refractivity contribution in [3.63, 3.8) is 0 Å². The first kappa shape index (κ1) is 24.7. The second-order valence-corrected chi connectivity index (χ2v) is 8.70. The smallest absolute Gasteiger partial charge is 0.339 e. The van der Waals surface area contributed by atoms with Crippen LogP contribution in [0.25, 0.3) is 6.08 Å². The minimum absolute atomic E-state index is 0.0349. The first-order chi connectivity index (χ1) is 16.2. The van der Waals surface area contributed by atoms with Gasteiger partial charge in [-0.2, -0.15) is 8.42 Å². The van der Waals surface area contributed by atoms with E-state index in [0.29, 0.717) is 22.7 Å². The van der Waals surface area contributed by atoms with Crippen molar-refractivity contribution in [1.82, 2.24) is 0 Å². The van der Waals surface area contributed by atoms with Crippen LogP contribution >= 0.6 is 0 Å². The summed E-state index contributed by atoms with van der Waals surface area (Å²) in [6.45, 7) is 1.86. The Morgan fingerprint density at radius 2 is 1.53 bits per heavy atom. The lowest BCUT2D eigenvalue weighted by Crippen LogP contribution is -2.10. The minimum Gasteiger partial charge on any atom is -0.497 e. The van der Waals surface area contributed by atoms with Gasteiger partial charge < -0.3 is 23.7 Å². The van der Waals surface area contributed by atoms with Crippen molar-refractivity contribution in [2.45, 2.75) is 11.8 Å². The fourth-order valence-corrected chi connectivity index (χ4v) is 3.92. The molecular formula is C25H25NO7S. The fraction of sp³-hybridized carbons (Fsp3) is 0.160. The summed E-state index contributed by atoms with van der Waals surface area (Å²) in [5.74, 6) is 0.913. The Morgan fingerprint density at radius 1 is 0.824 bits per heavy atom. The van der Waals surface area contributed by atoms with Crippen LogP contribution in [0.4, 0.5) is 5.69 Å². The fourth-order valence-electron chi connectivity index (χ4n) is 2.98. The van der Waals surface area contributed by atoms with Crippen LogP contribution in [-0.4, -0.2) is 35.7 Å². The van der Waals surface area contributed by atoms with Crippen LogP contribution in [0.15, 0.2) is 71.6 Å². The summed E-state index contributed by atoms with van der Waals surface area (Å²) in [6.07, 6.45) is 2.90. The van der Waals surface area contributed by atoms with E-state index in [-0.39, 0.29) is 22.3 Å². The molecular weight excluding hydrogens is 458 g/mol. The standard InChI is InChI=1S/C25H25NO7S/c1-17-5-10-20(11-6-17)34(28,29)33-22-13-7-18(15-24(22)32-4)8-14-25(27)26-21-12-9-19(30-2)16-23(21)31-3/h5-16H,1-4H3,(H,26,27)/b14-8+. The summed E-state index contributed by atoms with van der Waals surface area (Å²) < 4.78 is 46.2. The maximum Gasteiger partial charge on any atom is 0.339 e. The van der Waals surface area contributed by atoms with Crippen molar-refractivity contribution in [3.05, 3.63) is 77.9 Å². The van der Waals surface area contributed by atoms with E-state index < -0.39 is 10.1 Å². The van der Waals surface area contributed by atoms with Gasteiger partial charge in [-0.15, -0.1) is 0 Å². The number of carbonyl (C=O) groups is 1. The van der Waals surface area contributed by atoms with Crippen LogP contribution in [-0.2, 0) is 14.9 Å². The molecule has 3 rings (SSSR count). The van der Waals surface area contributed by atoms with Crippen molar-refractivity contribution in [2.24, 2.45) is 0 Å². The molecule has 0 unspecified atom stereocenters. The van der Waals surface area contributed by atoms with Gasteiger partial charge in [0, 0.05) is 12.1 Å². The van der Waals surface area contributed by atoms with Gasteiger partial charge in [0.15, 0.2) is 11.5 Å². The second kappa shape index (κ2) is 10.8. The number of nitrogens with one attached hydrogen (secondary N) is 1. The Kier molecular flexibility index (Phi) is 7.80. The van der Waals surface area contributed by atoms with Crippen molar-refractivity contribution in [1.29, 1.82) is 0 Å². The average Bonchev–Trinajstić information content (AvgIpc) is 2.83. The Balaban J connectivity index is 1.74. The first-order valence-corrected chi connectivity index (χ1v) is 11.6. The minimum atomic E-state index is -4.03. The van der Waals surface area contributed by atoms with Crippen molar-refractivity contribution >= 4 is 27.8 Å². The zero-order chi connectivity index (χ0) is 24.7. The number of hydrogen-bond acceptors (Lipinski definition) is 7. The highest BCUT2D eigenvalue weighted by Crippen LogP contribution is 2.32. The quantitative estimate of drug-likeness (QED) is 0.355. The third-order valence-corrected chi connectivity index (χ3v) is 6.04. The van der Waals surface area contributed by atoms with Crippen LogP contribution in [0.1, 0.15) is 11.1 Å². The molecule has 0 aliphatic carbocycles. The Bertz CT molecular complexity index is 1300. The number of amides is 1. The molecule has 0 aliphatic heterocycles. The number of benzene rings is 3. The molecule has 34 heavy (non-hydrogen) atoms. The van der Waals surface area contributed by atoms with E-state index in [0.717, 1.165) is 5.56 Å². The molecule has 0 spiro atoms. The van der Waals surface area contributed by atoms with Gasteiger partial charge in [-0.3, -0.25) is 4.79 Å². The second-order valence-electron chi connectivity index (χ2n) is 7.15. The van der Waals surface area contributed by atoms with Crippen LogP contribution in [0.2, 0.25) is 0 Å². The van der Waals surface area contributed by atoms with Crippen LogP contribution in [0, 0.1) is 6.92 Å². The highest BCUT2D eigenvalue weighted by atomic mass is 32.2. The van der Waals surface area contributed by atoms with Gasteiger partial charge >= 0.3 is 10.1 Å². The summed E-state index contributed by atoms with van der Waals surface area (Å²) in [5.41, 5.74) is 2.02. The summed E-state index contributed by atoms with van der Waals surface area (Å²) in [4.78, 5) is 12.4. The summed E-state index contributed by atoms with van der Waals surface area (Å²) in [7, 11) is 0.404. The number of aryl methyl sites for hydroxylation is 1. The van der Waals surface area contributed by atoms with E-state index in [1.807, 2.05) is 6.92 Å². The molecule has 0 fully saturated rings. The maximum atomic E-state index is 12.6. The van der Waals surface area contributed by atoms with E-state index in [4.69, 9.17) is 18.4 Å². The lowest BCUT2D eigenvalue weighted by atomic mass is 10.2. The molecule has 0 aliphatic rings. The number of methoxy groups -OCH3 is 3. The molecule has 3 aromatic rings. The molecule has 0 aromatic heterocycles. The first-order valence-electron chi connectivity index (χ1n) is 10.2. The van der Waals surface area contributed by atoms with E-state index in [2.05, 4.69) is 5.32 Å². The normalized spacial score (nSPS) is 11.2. The highest BCUT2D eigenvalue weighted by Gasteiger charge is 2.19. The van der Waals surface area contributed by atoms with Gasteiger partial charge in [-0.1, -0.05) is 23.8 Å².